The number of ether oxygens (including phenoxy) is 1. The zero-order valence-corrected chi connectivity index (χ0v) is 12.7. The minimum atomic E-state index is -0.0180. The third-order valence-electron chi connectivity index (χ3n) is 3.68. The summed E-state index contributed by atoms with van der Waals surface area (Å²) in [5.74, 6) is 0.661. The number of methoxy groups -OCH3 is 1. The van der Waals surface area contributed by atoms with E-state index in [1.807, 2.05) is 13.0 Å². The normalized spacial score (nSPS) is 19.6. The molecule has 2 heterocycles. The van der Waals surface area contributed by atoms with Crippen LogP contribution in [0.5, 0.6) is 5.75 Å². The van der Waals surface area contributed by atoms with Crippen LogP contribution < -0.4 is 10.1 Å². The Morgan fingerprint density at radius 3 is 3.05 bits per heavy atom. The molecule has 0 saturated carbocycles. The van der Waals surface area contributed by atoms with E-state index in [0.29, 0.717) is 16.7 Å². The van der Waals surface area contributed by atoms with Gasteiger partial charge in [0.05, 0.1) is 7.11 Å². The van der Waals surface area contributed by atoms with E-state index >= 15 is 0 Å². The van der Waals surface area contributed by atoms with Crippen molar-refractivity contribution in [3.05, 3.63) is 15.8 Å². The van der Waals surface area contributed by atoms with E-state index in [2.05, 4.69) is 17.3 Å². The summed E-state index contributed by atoms with van der Waals surface area (Å²) in [5.41, 5.74) is 0. The predicted molar refractivity (Wildman–Crippen MR) is 78.2 cm³/mol. The molecule has 1 aromatic rings. The average molecular weight is 282 g/mol. The van der Waals surface area contributed by atoms with E-state index in [-0.39, 0.29) is 5.91 Å². The SMILES string of the molecule is COc1cc(C)sc1C(=O)NCC[C@@H]1CCCN1C. The molecule has 0 spiro atoms. The van der Waals surface area contributed by atoms with Crippen molar-refractivity contribution in [3.63, 3.8) is 0 Å². The maximum Gasteiger partial charge on any atom is 0.265 e. The van der Waals surface area contributed by atoms with E-state index in [1.54, 1.807) is 7.11 Å². The lowest BCUT2D eigenvalue weighted by Crippen LogP contribution is -2.31. The maximum atomic E-state index is 12.1. The molecule has 19 heavy (non-hydrogen) atoms. The van der Waals surface area contributed by atoms with Crippen molar-refractivity contribution >= 4 is 17.2 Å². The molecule has 0 unspecified atom stereocenters. The maximum absolute atomic E-state index is 12.1. The number of carbonyl (C=O) groups excluding carboxylic acids is 1. The molecule has 1 atom stereocenters. The van der Waals surface area contributed by atoms with Crippen molar-refractivity contribution in [1.29, 1.82) is 0 Å². The largest absolute Gasteiger partial charge is 0.495 e. The van der Waals surface area contributed by atoms with Gasteiger partial charge in [0.25, 0.3) is 5.91 Å². The number of aryl methyl sites for hydroxylation is 1. The molecular weight excluding hydrogens is 260 g/mol. The van der Waals surface area contributed by atoms with Gasteiger partial charge >= 0.3 is 0 Å². The summed E-state index contributed by atoms with van der Waals surface area (Å²) in [4.78, 5) is 16.3. The molecular formula is C14H22N2O2S. The van der Waals surface area contributed by atoms with Gasteiger partial charge in [-0.25, -0.2) is 0 Å². The molecule has 2 rings (SSSR count). The van der Waals surface area contributed by atoms with Gasteiger partial charge in [-0.2, -0.15) is 0 Å². The van der Waals surface area contributed by atoms with Gasteiger partial charge < -0.3 is 15.0 Å². The van der Waals surface area contributed by atoms with Gasteiger partial charge in [-0.05, 0) is 45.8 Å². The first-order valence-corrected chi connectivity index (χ1v) is 7.56. The summed E-state index contributed by atoms with van der Waals surface area (Å²) >= 11 is 1.48. The van der Waals surface area contributed by atoms with Crippen molar-refractivity contribution in [2.45, 2.75) is 32.2 Å². The number of amides is 1. The van der Waals surface area contributed by atoms with Crippen LogP contribution in [0.4, 0.5) is 0 Å². The Balaban J connectivity index is 1.83. The molecule has 1 saturated heterocycles. The minimum Gasteiger partial charge on any atom is -0.495 e. The number of hydrogen-bond acceptors (Lipinski definition) is 4. The number of hydrogen-bond donors (Lipinski definition) is 1. The van der Waals surface area contributed by atoms with Crippen molar-refractivity contribution in [1.82, 2.24) is 10.2 Å². The fourth-order valence-corrected chi connectivity index (χ4v) is 3.47. The molecule has 4 nitrogen and oxygen atoms in total. The monoisotopic (exact) mass is 282 g/mol. The second-order valence-electron chi connectivity index (χ2n) is 5.08. The highest BCUT2D eigenvalue weighted by atomic mass is 32.1. The molecule has 1 aliphatic heterocycles. The first kappa shape index (κ1) is 14.3. The topological polar surface area (TPSA) is 41.6 Å². The molecule has 1 amide bonds. The van der Waals surface area contributed by atoms with E-state index in [9.17, 15) is 4.79 Å². The number of carbonyl (C=O) groups is 1. The Labute approximate surface area is 118 Å². The van der Waals surface area contributed by atoms with Crippen LogP contribution in [0.1, 0.15) is 33.8 Å². The Hall–Kier alpha value is -1.07. The standard InChI is InChI=1S/C14H22N2O2S/c1-10-9-12(18-3)13(19-10)14(17)15-7-6-11-5-4-8-16(11)2/h9,11H,4-8H2,1-3H3,(H,15,17)/t11-/m0/s1. The lowest BCUT2D eigenvalue weighted by atomic mass is 10.1. The molecule has 1 aromatic heterocycles. The van der Waals surface area contributed by atoms with Crippen LogP contribution in [0.3, 0.4) is 0 Å². The van der Waals surface area contributed by atoms with Crippen LogP contribution in [0, 0.1) is 6.92 Å². The fourth-order valence-electron chi connectivity index (χ4n) is 2.58. The third kappa shape index (κ3) is 3.48. The van der Waals surface area contributed by atoms with Gasteiger partial charge in [0.1, 0.15) is 10.6 Å². The summed E-state index contributed by atoms with van der Waals surface area (Å²) in [6, 6.07) is 2.52. The van der Waals surface area contributed by atoms with Gasteiger partial charge in [0, 0.05) is 17.5 Å². The number of thiophene rings is 1. The summed E-state index contributed by atoms with van der Waals surface area (Å²) in [6.45, 7) is 3.89. The van der Waals surface area contributed by atoms with Crippen LogP contribution >= 0.6 is 11.3 Å². The lowest BCUT2D eigenvalue weighted by molar-refractivity contribution is 0.0951. The van der Waals surface area contributed by atoms with E-state index in [0.717, 1.165) is 17.8 Å². The van der Waals surface area contributed by atoms with Crippen molar-refractivity contribution < 1.29 is 9.53 Å². The molecule has 106 valence electrons. The van der Waals surface area contributed by atoms with Crippen LogP contribution in [0.25, 0.3) is 0 Å². The quantitative estimate of drug-likeness (QED) is 0.901. The molecule has 0 aliphatic carbocycles. The van der Waals surface area contributed by atoms with Gasteiger partial charge in [-0.1, -0.05) is 0 Å². The van der Waals surface area contributed by atoms with E-state index in [4.69, 9.17) is 4.74 Å². The zero-order valence-electron chi connectivity index (χ0n) is 11.9. The molecule has 1 N–H and O–H groups in total. The molecule has 0 aromatic carbocycles. The average Bonchev–Trinajstić information content (AvgIpc) is 2.95. The van der Waals surface area contributed by atoms with Crippen LogP contribution in [-0.2, 0) is 0 Å². The van der Waals surface area contributed by atoms with Gasteiger partial charge in [0.15, 0.2) is 0 Å². The van der Waals surface area contributed by atoms with Crippen LogP contribution in [-0.4, -0.2) is 44.1 Å². The summed E-state index contributed by atoms with van der Waals surface area (Å²) in [6.07, 6.45) is 3.54. The molecule has 1 aliphatic rings. The Morgan fingerprint density at radius 2 is 2.42 bits per heavy atom. The fraction of sp³-hybridized carbons (Fsp3) is 0.643. The first-order chi connectivity index (χ1) is 9.11. The van der Waals surface area contributed by atoms with Crippen LogP contribution in [0.2, 0.25) is 0 Å². The summed E-state index contributed by atoms with van der Waals surface area (Å²) in [7, 11) is 3.76. The Morgan fingerprint density at radius 1 is 1.63 bits per heavy atom. The first-order valence-electron chi connectivity index (χ1n) is 6.74. The molecule has 5 heteroatoms. The molecule has 0 radical (unpaired) electrons. The number of rotatable bonds is 5. The van der Waals surface area contributed by atoms with Crippen molar-refractivity contribution in [2.75, 3.05) is 27.2 Å². The number of nitrogens with one attached hydrogen (secondary N) is 1. The minimum absolute atomic E-state index is 0.0180. The number of nitrogens with zero attached hydrogens (tertiary/aromatic N) is 1. The van der Waals surface area contributed by atoms with Crippen molar-refractivity contribution in [2.24, 2.45) is 0 Å². The van der Waals surface area contributed by atoms with Crippen LogP contribution in [0.15, 0.2) is 6.07 Å². The smallest absolute Gasteiger partial charge is 0.265 e. The van der Waals surface area contributed by atoms with Gasteiger partial charge in [0.2, 0.25) is 0 Å². The second kappa shape index (κ2) is 6.39. The number of likely N-dealkylation sites (tertiary alicyclic amines) is 1. The Kier molecular flexibility index (Phi) is 4.82. The molecule has 1 fully saturated rings. The highest BCUT2D eigenvalue weighted by Gasteiger charge is 2.21. The lowest BCUT2D eigenvalue weighted by Gasteiger charge is -2.19. The van der Waals surface area contributed by atoms with Gasteiger partial charge in [-0.15, -0.1) is 11.3 Å². The highest BCUT2D eigenvalue weighted by molar-refractivity contribution is 7.14. The van der Waals surface area contributed by atoms with E-state index < -0.39 is 0 Å². The Bertz CT molecular complexity index is 445. The summed E-state index contributed by atoms with van der Waals surface area (Å²) < 4.78 is 5.23. The highest BCUT2D eigenvalue weighted by Crippen LogP contribution is 2.28. The van der Waals surface area contributed by atoms with Gasteiger partial charge in [-0.3, -0.25) is 4.79 Å². The molecule has 0 bridgehead atoms. The predicted octanol–water partition coefficient (Wildman–Crippen LogP) is 2.28. The van der Waals surface area contributed by atoms with Crippen molar-refractivity contribution in [3.8, 4) is 5.75 Å². The van der Waals surface area contributed by atoms with E-state index in [1.165, 1.54) is 30.7 Å². The zero-order chi connectivity index (χ0) is 13.8. The third-order valence-corrected chi connectivity index (χ3v) is 4.71. The second-order valence-corrected chi connectivity index (χ2v) is 6.33. The summed E-state index contributed by atoms with van der Waals surface area (Å²) in [5, 5.41) is 3.00.